The summed E-state index contributed by atoms with van der Waals surface area (Å²) < 4.78 is 4.54. The normalized spacial score (nSPS) is 11.2. The van der Waals surface area contributed by atoms with Crippen LogP contribution in [0.4, 0.5) is 0 Å². The predicted octanol–water partition coefficient (Wildman–Crippen LogP) is 2.95. The standard InChI is InChI=1S/C10H12O.C3H8O/c1-8-3-5-10(6-4-8)9(2)7-11;1-3-4-2/h3-7,9H,1-2H3;3H2,1-2H3. The highest BCUT2D eigenvalue weighted by atomic mass is 16.5. The van der Waals surface area contributed by atoms with Gasteiger partial charge in [0.15, 0.2) is 0 Å². The maximum Gasteiger partial charge on any atom is 0.127 e. The summed E-state index contributed by atoms with van der Waals surface area (Å²) in [6.45, 7) is 6.72. The molecule has 0 bridgehead atoms. The molecule has 2 nitrogen and oxygen atoms in total. The molecule has 2 heteroatoms. The van der Waals surface area contributed by atoms with Crippen LogP contribution < -0.4 is 0 Å². The Labute approximate surface area is 92.3 Å². The quantitative estimate of drug-likeness (QED) is 0.714. The monoisotopic (exact) mass is 208 g/mol. The van der Waals surface area contributed by atoms with Gasteiger partial charge >= 0.3 is 0 Å². The zero-order valence-electron chi connectivity index (χ0n) is 9.99. The Morgan fingerprint density at radius 2 is 1.80 bits per heavy atom. The van der Waals surface area contributed by atoms with Gasteiger partial charge in [-0.2, -0.15) is 0 Å². The first-order valence-corrected chi connectivity index (χ1v) is 5.16. The number of carbonyl (C=O) groups is 1. The van der Waals surface area contributed by atoms with Crippen LogP contribution in [0.3, 0.4) is 0 Å². The van der Waals surface area contributed by atoms with Gasteiger partial charge in [0.25, 0.3) is 0 Å². The zero-order valence-corrected chi connectivity index (χ0v) is 9.99. The molecule has 84 valence electrons. The van der Waals surface area contributed by atoms with Crippen molar-refractivity contribution in [3.05, 3.63) is 35.4 Å². The van der Waals surface area contributed by atoms with Crippen molar-refractivity contribution in [1.29, 1.82) is 0 Å². The maximum atomic E-state index is 10.4. The average molecular weight is 208 g/mol. The number of rotatable bonds is 3. The minimum absolute atomic E-state index is 0.0237. The van der Waals surface area contributed by atoms with Gasteiger partial charge in [0.1, 0.15) is 6.29 Å². The number of methoxy groups -OCH3 is 1. The van der Waals surface area contributed by atoms with E-state index in [2.05, 4.69) is 4.74 Å². The van der Waals surface area contributed by atoms with E-state index >= 15 is 0 Å². The number of hydrogen-bond acceptors (Lipinski definition) is 2. The summed E-state index contributed by atoms with van der Waals surface area (Å²) in [4.78, 5) is 10.4. The van der Waals surface area contributed by atoms with Gasteiger partial charge in [-0.25, -0.2) is 0 Å². The minimum atomic E-state index is 0.0237. The van der Waals surface area contributed by atoms with Crippen LogP contribution in [-0.2, 0) is 9.53 Å². The van der Waals surface area contributed by atoms with E-state index in [9.17, 15) is 4.79 Å². The molecule has 0 radical (unpaired) electrons. The topological polar surface area (TPSA) is 26.3 Å². The first-order chi connectivity index (χ1) is 7.15. The Morgan fingerprint density at radius 3 is 2.13 bits per heavy atom. The van der Waals surface area contributed by atoms with Crippen molar-refractivity contribution in [3.8, 4) is 0 Å². The van der Waals surface area contributed by atoms with Crippen molar-refractivity contribution < 1.29 is 9.53 Å². The first-order valence-electron chi connectivity index (χ1n) is 5.16. The van der Waals surface area contributed by atoms with Crippen LogP contribution >= 0.6 is 0 Å². The summed E-state index contributed by atoms with van der Waals surface area (Å²) in [5, 5.41) is 0. The third-order valence-corrected chi connectivity index (χ3v) is 2.10. The van der Waals surface area contributed by atoms with Crippen LogP contribution in [0.25, 0.3) is 0 Å². The molecule has 0 fully saturated rings. The van der Waals surface area contributed by atoms with Crippen LogP contribution in [0.15, 0.2) is 24.3 Å². The second-order valence-electron chi connectivity index (χ2n) is 3.41. The van der Waals surface area contributed by atoms with Gasteiger partial charge in [0, 0.05) is 19.6 Å². The molecule has 1 atom stereocenters. The highest BCUT2D eigenvalue weighted by Gasteiger charge is 2.00. The number of aryl methyl sites for hydroxylation is 1. The van der Waals surface area contributed by atoms with Crippen LogP contribution in [0.1, 0.15) is 30.9 Å². The van der Waals surface area contributed by atoms with Crippen LogP contribution in [0.5, 0.6) is 0 Å². The summed E-state index contributed by atoms with van der Waals surface area (Å²) in [5.74, 6) is 0.0237. The van der Waals surface area contributed by atoms with Gasteiger partial charge in [0.05, 0.1) is 0 Å². The second-order valence-corrected chi connectivity index (χ2v) is 3.41. The van der Waals surface area contributed by atoms with Crippen LogP contribution in [-0.4, -0.2) is 20.0 Å². The number of carbonyl (C=O) groups excluding carboxylic acids is 1. The molecule has 1 unspecified atom stereocenters. The molecular weight excluding hydrogens is 188 g/mol. The van der Waals surface area contributed by atoms with Crippen molar-refractivity contribution in [2.24, 2.45) is 0 Å². The SMILES string of the molecule is CCOC.Cc1ccc(C(C)C=O)cc1. The molecule has 0 heterocycles. The predicted molar refractivity (Wildman–Crippen MR) is 63.2 cm³/mol. The Morgan fingerprint density at radius 1 is 1.33 bits per heavy atom. The molecule has 0 N–H and O–H groups in total. The van der Waals surface area contributed by atoms with Gasteiger partial charge in [-0.3, -0.25) is 0 Å². The van der Waals surface area contributed by atoms with Crippen molar-refractivity contribution >= 4 is 6.29 Å². The van der Waals surface area contributed by atoms with E-state index in [1.165, 1.54) is 5.56 Å². The molecule has 15 heavy (non-hydrogen) atoms. The molecule has 1 rings (SSSR count). The Hall–Kier alpha value is -1.15. The van der Waals surface area contributed by atoms with Crippen molar-refractivity contribution in [3.63, 3.8) is 0 Å². The summed E-state index contributed by atoms with van der Waals surface area (Å²) in [6, 6.07) is 8.04. The van der Waals surface area contributed by atoms with E-state index in [4.69, 9.17) is 0 Å². The zero-order chi connectivity index (χ0) is 11.7. The summed E-state index contributed by atoms with van der Waals surface area (Å²) >= 11 is 0. The lowest BCUT2D eigenvalue weighted by Crippen LogP contribution is -1.93. The molecule has 0 saturated carbocycles. The van der Waals surface area contributed by atoms with Gasteiger partial charge < -0.3 is 9.53 Å². The summed E-state index contributed by atoms with van der Waals surface area (Å²) in [6.07, 6.45) is 0.963. The van der Waals surface area contributed by atoms with E-state index in [1.807, 2.05) is 45.0 Å². The molecule has 0 aliphatic heterocycles. The first kappa shape index (κ1) is 13.8. The van der Waals surface area contributed by atoms with Gasteiger partial charge in [-0.1, -0.05) is 36.8 Å². The molecule has 0 aliphatic carbocycles. The van der Waals surface area contributed by atoms with Crippen molar-refractivity contribution in [2.45, 2.75) is 26.7 Å². The van der Waals surface area contributed by atoms with Crippen LogP contribution in [0, 0.1) is 6.92 Å². The number of hydrogen-bond donors (Lipinski definition) is 0. The molecular formula is C13H20O2. The van der Waals surface area contributed by atoms with Crippen LogP contribution in [0.2, 0.25) is 0 Å². The highest BCUT2D eigenvalue weighted by molar-refractivity contribution is 5.61. The van der Waals surface area contributed by atoms with Gasteiger partial charge in [-0.15, -0.1) is 0 Å². The summed E-state index contributed by atoms with van der Waals surface area (Å²) in [7, 11) is 1.68. The third-order valence-electron chi connectivity index (χ3n) is 2.10. The lowest BCUT2D eigenvalue weighted by atomic mass is 10.0. The van der Waals surface area contributed by atoms with E-state index in [1.54, 1.807) is 7.11 Å². The molecule has 1 aromatic rings. The minimum Gasteiger partial charge on any atom is -0.385 e. The van der Waals surface area contributed by atoms with E-state index < -0.39 is 0 Å². The van der Waals surface area contributed by atoms with Crippen molar-refractivity contribution in [2.75, 3.05) is 13.7 Å². The second kappa shape index (κ2) is 8.18. The number of benzene rings is 1. The fourth-order valence-electron chi connectivity index (χ4n) is 0.949. The van der Waals surface area contributed by atoms with E-state index in [-0.39, 0.29) is 5.92 Å². The largest absolute Gasteiger partial charge is 0.385 e. The van der Waals surface area contributed by atoms with Gasteiger partial charge in [0.2, 0.25) is 0 Å². The molecule has 0 aromatic heterocycles. The molecule has 0 saturated heterocycles. The number of aldehydes is 1. The average Bonchev–Trinajstić information content (AvgIpc) is 2.29. The van der Waals surface area contributed by atoms with Gasteiger partial charge in [-0.05, 0) is 19.4 Å². The molecule has 0 amide bonds. The molecule has 0 aliphatic rings. The highest BCUT2D eigenvalue weighted by Crippen LogP contribution is 2.12. The Balaban J connectivity index is 0.000000423. The smallest absolute Gasteiger partial charge is 0.127 e. The Bertz CT molecular complexity index is 262. The fourth-order valence-corrected chi connectivity index (χ4v) is 0.949. The number of ether oxygens (including phenoxy) is 1. The lowest BCUT2D eigenvalue weighted by molar-refractivity contribution is -0.108. The third kappa shape index (κ3) is 6.02. The molecule has 0 spiro atoms. The fraction of sp³-hybridized carbons (Fsp3) is 0.462. The Kier molecular flexibility index (Phi) is 7.56. The molecule has 1 aromatic carbocycles. The maximum absolute atomic E-state index is 10.4. The van der Waals surface area contributed by atoms with Crippen molar-refractivity contribution in [1.82, 2.24) is 0 Å². The van der Waals surface area contributed by atoms with E-state index in [0.29, 0.717) is 0 Å². The van der Waals surface area contributed by atoms with E-state index in [0.717, 1.165) is 18.5 Å². The lowest BCUT2D eigenvalue weighted by Gasteiger charge is -2.02. The summed E-state index contributed by atoms with van der Waals surface area (Å²) in [5.41, 5.74) is 2.32.